The van der Waals surface area contributed by atoms with Crippen molar-refractivity contribution in [2.45, 2.75) is 20.3 Å². The second-order valence-electron chi connectivity index (χ2n) is 6.03. The largest absolute Gasteiger partial charge is 0.493 e. The fourth-order valence-electron chi connectivity index (χ4n) is 2.66. The van der Waals surface area contributed by atoms with Crippen LogP contribution in [0.2, 0.25) is 0 Å². The first-order valence-electron chi connectivity index (χ1n) is 8.62. The first-order chi connectivity index (χ1) is 13.0. The number of aryl methyl sites for hydroxylation is 1. The summed E-state index contributed by atoms with van der Waals surface area (Å²) in [4.78, 5) is 16.6. The van der Waals surface area contributed by atoms with E-state index >= 15 is 0 Å². The zero-order valence-corrected chi connectivity index (χ0v) is 17.0. The second kappa shape index (κ2) is 8.39. The summed E-state index contributed by atoms with van der Waals surface area (Å²) in [6.07, 6.45) is 2.56. The second-order valence-corrected chi connectivity index (χ2v) is 6.89. The molecule has 140 valence electrons. The van der Waals surface area contributed by atoms with E-state index in [9.17, 15) is 4.79 Å². The van der Waals surface area contributed by atoms with E-state index in [-0.39, 0.29) is 5.70 Å². The van der Waals surface area contributed by atoms with Crippen molar-refractivity contribution in [3.63, 3.8) is 0 Å². The van der Waals surface area contributed by atoms with Gasteiger partial charge in [-0.3, -0.25) is 0 Å². The predicted octanol–water partition coefficient (Wildman–Crippen LogP) is 4.90. The predicted molar refractivity (Wildman–Crippen MR) is 108 cm³/mol. The molecule has 1 heterocycles. The van der Waals surface area contributed by atoms with Crippen molar-refractivity contribution in [3.05, 3.63) is 63.3 Å². The Hall–Kier alpha value is -2.60. The van der Waals surface area contributed by atoms with Crippen molar-refractivity contribution in [2.75, 3.05) is 13.7 Å². The maximum atomic E-state index is 12.2. The summed E-state index contributed by atoms with van der Waals surface area (Å²) in [5.41, 5.74) is 2.79. The van der Waals surface area contributed by atoms with Gasteiger partial charge in [0.05, 0.1) is 18.2 Å². The molecule has 0 saturated heterocycles. The molecule has 0 saturated carbocycles. The molecule has 0 amide bonds. The van der Waals surface area contributed by atoms with Crippen LogP contribution in [0.25, 0.3) is 6.08 Å². The molecule has 6 heteroatoms. The molecular weight excluding hydrogens is 410 g/mol. The molecule has 27 heavy (non-hydrogen) atoms. The highest BCUT2D eigenvalue weighted by atomic mass is 79.9. The summed E-state index contributed by atoms with van der Waals surface area (Å²) in [6, 6.07) is 11.3. The summed E-state index contributed by atoms with van der Waals surface area (Å²) < 4.78 is 17.3. The molecule has 2 aromatic rings. The number of ether oxygens (including phenoxy) is 3. The van der Waals surface area contributed by atoms with E-state index in [4.69, 9.17) is 14.2 Å². The molecular formula is C21H20BrNO4. The lowest BCUT2D eigenvalue weighted by Gasteiger charge is -2.13. The normalized spacial score (nSPS) is 14.9. The van der Waals surface area contributed by atoms with Crippen molar-refractivity contribution in [3.8, 4) is 11.5 Å². The van der Waals surface area contributed by atoms with Crippen molar-refractivity contribution in [1.82, 2.24) is 0 Å². The van der Waals surface area contributed by atoms with Crippen LogP contribution in [0.3, 0.4) is 0 Å². The molecule has 5 nitrogen and oxygen atoms in total. The highest BCUT2D eigenvalue weighted by molar-refractivity contribution is 9.10. The van der Waals surface area contributed by atoms with Crippen molar-refractivity contribution >= 4 is 33.9 Å². The van der Waals surface area contributed by atoms with Gasteiger partial charge in [0, 0.05) is 5.56 Å². The van der Waals surface area contributed by atoms with Crippen molar-refractivity contribution in [2.24, 2.45) is 4.99 Å². The molecule has 0 bridgehead atoms. The summed E-state index contributed by atoms with van der Waals surface area (Å²) >= 11 is 3.51. The number of carbonyl (C=O) groups excluding carboxylic acids is 1. The molecule has 1 aliphatic rings. The van der Waals surface area contributed by atoms with Gasteiger partial charge < -0.3 is 14.2 Å². The van der Waals surface area contributed by atoms with Gasteiger partial charge in [-0.05, 0) is 64.7 Å². The minimum absolute atomic E-state index is 0.240. The number of hydrogen-bond acceptors (Lipinski definition) is 5. The maximum absolute atomic E-state index is 12.2. The number of rotatable bonds is 6. The molecule has 0 aliphatic carbocycles. The smallest absolute Gasteiger partial charge is 0.363 e. The minimum atomic E-state index is -0.477. The quantitative estimate of drug-likeness (QED) is 0.483. The lowest BCUT2D eigenvalue weighted by molar-refractivity contribution is -0.129. The van der Waals surface area contributed by atoms with Crippen LogP contribution in [-0.2, 0) is 9.53 Å². The Kier molecular flexibility index (Phi) is 5.96. The van der Waals surface area contributed by atoms with E-state index in [2.05, 4.69) is 20.9 Å². The molecule has 0 radical (unpaired) electrons. The molecule has 0 atom stereocenters. The molecule has 0 spiro atoms. The van der Waals surface area contributed by atoms with E-state index in [1.165, 1.54) is 0 Å². The Morgan fingerprint density at radius 1 is 1.26 bits per heavy atom. The molecule has 0 aromatic heterocycles. The zero-order valence-electron chi connectivity index (χ0n) is 15.4. The SMILES string of the molecule is CCCOc1c(Br)cc(/C=C2\N=C(c3ccccc3C)OC2=O)cc1OC. The Morgan fingerprint density at radius 3 is 2.74 bits per heavy atom. The summed E-state index contributed by atoms with van der Waals surface area (Å²) in [5, 5.41) is 0. The molecule has 2 aromatic carbocycles. The van der Waals surface area contributed by atoms with Crippen LogP contribution in [0.15, 0.2) is 51.6 Å². The number of methoxy groups -OCH3 is 1. The van der Waals surface area contributed by atoms with Crippen LogP contribution in [0, 0.1) is 6.92 Å². The highest BCUT2D eigenvalue weighted by Gasteiger charge is 2.25. The van der Waals surface area contributed by atoms with E-state index in [0.29, 0.717) is 24.0 Å². The van der Waals surface area contributed by atoms with E-state index < -0.39 is 5.97 Å². The zero-order chi connectivity index (χ0) is 19.4. The number of esters is 1. The van der Waals surface area contributed by atoms with Crippen LogP contribution in [0.5, 0.6) is 11.5 Å². The van der Waals surface area contributed by atoms with Crippen LogP contribution >= 0.6 is 15.9 Å². The first-order valence-corrected chi connectivity index (χ1v) is 9.41. The van der Waals surface area contributed by atoms with Gasteiger partial charge in [0.15, 0.2) is 17.2 Å². The fourth-order valence-corrected chi connectivity index (χ4v) is 3.24. The van der Waals surface area contributed by atoms with Gasteiger partial charge in [-0.15, -0.1) is 0 Å². The van der Waals surface area contributed by atoms with Crippen LogP contribution in [0.4, 0.5) is 0 Å². The number of aliphatic imine (C=N–C) groups is 1. The third-order valence-corrected chi connectivity index (χ3v) is 4.59. The Bertz CT molecular complexity index is 934. The third-order valence-electron chi connectivity index (χ3n) is 4.00. The van der Waals surface area contributed by atoms with Gasteiger partial charge in [0.2, 0.25) is 5.90 Å². The highest BCUT2D eigenvalue weighted by Crippen LogP contribution is 2.37. The van der Waals surface area contributed by atoms with Gasteiger partial charge in [0.25, 0.3) is 0 Å². The number of nitrogens with zero attached hydrogens (tertiary/aromatic N) is 1. The molecule has 3 rings (SSSR count). The number of benzene rings is 2. The van der Waals surface area contributed by atoms with Crippen molar-refractivity contribution < 1.29 is 19.0 Å². The minimum Gasteiger partial charge on any atom is -0.493 e. The number of cyclic esters (lactones) is 1. The molecule has 0 fully saturated rings. The Morgan fingerprint density at radius 2 is 2.04 bits per heavy atom. The van der Waals surface area contributed by atoms with Gasteiger partial charge >= 0.3 is 5.97 Å². The van der Waals surface area contributed by atoms with Gasteiger partial charge in [-0.25, -0.2) is 9.79 Å². The lowest BCUT2D eigenvalue weighted by atomic mass is 10.1. The van der Waals surface area contributed by atoms with E-state index in [0.717, 1.165) is 27.6 Å². The van der Waals surface area contributed by atoms with Crippen LogP contribution < -0.4 is 9.47 Å². The van der Waals surface area contributed by atoms with Crippen LogP contribution in [-0.4, -0.2) is 25.6 Å². The molecule has 1 aliphatic heterocycles. The maximum Gasteiger partial charge on any atom is 0.363 e. The first kappa shape index (κ1) is 19.2. The van der Waals surface area contributed by atoms with Crippen LogP contribution in [0.1, 0.15) is 30.0 Å². The monoisotopic (exact) mass is 429 g/mol. The van der Waals surface area contributed by atoms with Gasteiger partial charge in [-0.2, -0.15) is 0 Å². The van der Waals surface area contributed by atoms with Gasteiger partial charge in [-0.1, -0.05) is 25.1 Å². The number of carbonyl (C=O) groups is 1. The third kappa shape index (κ3) is 4.22. The lowest BCUT2D eigenvalue weighted by Crippen LogP contribution is -2.06. The summed E-state index contributed by atoms with van der Waals surface area (Å²) in [6.45, 7) is 4.57. The topological polar surface area (TPSA) is 57.1 Å². The fraction of sp³-hybridized carbons (Fsp3) is 0.238. The standard InChI is InChI=1S/C21H20BrNO4/c1-4-9-26-19-16(22)10-14(12-18(19)25-3)11-17-21(24)27-20(23-17)15-8-6-5-7-13(15)2/h5-8,10-12H,4,9H2,1-3H3/b17-11-. The summed E-state index contributed by atoms with van der Waals surface area (Å²) in [7, 11) is 1.58. The molecule has 0 unspecified atom stereocenters. The van der Waals surface area contributed by atoms with Crippen molar-refractivity contribution in [1.29, 1.82) is 0 Å². The average molecular weight is 430 g/mol. The van der Waals surface area contributed by atoms with E-state index in [1.54, 1.807) is 19.3 Å². The Labute approximate surface area is 166 Å². The number of hydrogen-bond donors (Lipinski definition) is 0. The molecule has 0 N–H and O–H groups in total. The van der Waals surface area contributed by atoms with Gasteiger partial charge in [0.1, 0.15) is 0 Å². The summed E-state index contributed by atoms with van der Waals surface area (Å²) in [5.74, 6) is 1.06. The Balaban J connectivity index is 1.95. The number of halogens is 1. The average Bonchev–Trinajstić information content (AvgIpc) is 3.01. The van der Waals surface area contributed by atoms with E-state index in [1.807, 2.05) is 44.2 Å².